The Labute approximate surface area is 134 Å². The second-order valence-corrected chi connectivity index (χ2v) is 8.45. The summed E-state index contributed by atoms with van der Waals surface area (Å²) in [7, 11) is -10.3. The molecule has 0 aliphatic heterocycles. The van der Waals surface area contributed by atoms with E-state index in [0.717, 1.165) is 0 Å². The Morgan fingerprint density at radius 2 is 1.62 bits per heavy atom. The topological polar surface area (TPSA) is 82.4 Å². The molecule has 1 rings (SSSR count). The van der Waals surface area contributed by atoms with Crippen LogP contribution in [0, 0.1) is 5.92 Å². The van der Waals surface area contributed by atoms with Gasteiger partial charge in [0.2, 0.25) is 0 Å². The number of hydrogen-bond acceptors (Lipinski definition) is 4. The maximum atomic E-state index is 12.8. The van der Waals surface area contributed by atoms with Crippen LogP contribution in [-0.2, 0) is 20.0 Å². The first-order valence-corrected chi connectivity index (χ1v) is 8.79. The Hall–Kier alpha value is -0.0126. The average molecular weight is 341 g/mol. The van der Waals surface area contributed by atoms with Crippen LogP contribution >= 0.6 is 0 Å². The molecule has 0 bridgehead atoms. The third-order valence-corrected chi connectivity index (χ3v) is 7.00. The van der Waals surface area contributed by atoms with E-state index >= 15 is 0 Å². The zero-order chi connectivity index (χ0) is 15.6. The van der Waals surface area contributed by atoms with E-state index in [1.807, 2.05) is 0 Å². The van der Waals surface area contributed by atoms with Crippen molar-refractivity contribution in [3.05, 3.63) is 16.8 Å². The van der Waals surface area contributed by atoms with E-state index in [0.29, 0.717) is 12.8 Å². The Balaban J connectivity index is 0.00000400. The van der Waals surface area contributed by atoms with Crippen molar-refractivity contribution >= 4 is 20.0 Å². The van der Waals surface area contributed by atoms with Crippen molar-refractivity contribution in [2.75, 3.05) is 6.67 Å². The Morgan fingerprint density at radius 1 is 1.14 bits per heavy atom. The Bertz CT molecular complexity index is 557. The number of hydrogen-bond donors (Lipinski definition) is 0. The summed E-state index contributed by atoms with van der Waals surface area (Å²) < 4.78 is 85.6. The molecule has 0 aromatic heterocycles. The van der Waals surface area contributed by atoms with Gasteiger partial charge in [-0.15, -0.1) is 6.58 Å². The monoisotopic (exact) mass is 341 g/mol. The third kappa shape index (κ3) is 4.99. The Morgan fingerprint density at radius 3 is 2.00 bits per heavy atom. The van der Waals surface area contributed by atoms with Crippen molar-refractivity contribution < 1.29 is 48.9 Å². The summed E-state index contributed by atoms with van der Waals surface area (Å²) in [5, 5.41) is -5.96. The van der Waals surface area contributed by atoms with Gasteiger partial charge in [0.25, 0.3) is 0 Å². The van der Waals surface area contributed by atoms with E-state index in [-0.39, 0.29) is 37.6 Å². The number of sulfonamides is 2. The minimum atomic E-state index is -5.73. The first kappa shape index (κ1) is 21.0. The predicted molar refractivity (Wildman–Crippen MR) is 68.1 cm³/mol. The zero-order valence-electron chi connectivity index (χ0n) is 11.5. The summed E-state index contributed by atoms with van der Waals surface area (Å²) in [6.45, 7) is 1.05. The van der Waals surface area contributed by atoms with E-state index in [4.69, 9.17) is 0 Å². The van der Waals surface area contributed by atoms with Crippen LogP contribution in [0.25, 0.3) is 4.13 Å². The molecule has 0 saturated heterocycles. The normalized spacial score (nSPS) is 24.1. The van der Waals surface area contributed by atoms with Crippen LogP contribution < -0.4 is 18.9 Å². The van der Waals surface area contributed by atoms with Crippen molar-refractivity contribution in [3.8, 4) is 0 Å². The van der Waals surface area contributed by atoms with Gasteiger partial charge in [0.15, 0.2) is 16.7 Å². The van der Waals surface area contributed by atoms with Crippen LogP contribution in [0.2, 0.25) is 0 Å². The first-order chi connectivity index (χ1) is 9.05. The molecule has 1 fully saturated rings. The molecule has 0 unspecified atom stereocenters. The van der Waals surface area contributed by atoms with E-state index in [2.05, 4.69) is 10.7 Å². The van der Waals surface area contributed by atoms with Gasteiger partial charge in [-0.05, 0) is 31.6 Å². The molecule has 11 heteroatoms. The van der Waals surface area contributed by atoms with Gasteiger partial charge in [-0.2, -0.15) is 8.78 Å². The molecule has 1 saturated carbocycles. The maximum Gasteiger partial charge on any atom is 1.00 e. The largest absolute Gasteiger partial charge is 1.00 e. The van der Waals surface area contributed by atoms with Crippen LogP contribution in [0.15, 0.2) is 12.7 Å². The van der Waals surface area contributed by atoms with E-state index in [1.165, 1.54) is 0 Å². The van der Waals surface area contributed by atoms with Gasteiger partial charge in [-0.3, -0.25) is 0 Å². The number of alkyl halides is 3. The van der Waals surface area contributed by atoms with Crippen LogP contribution in [0.5, 0.6) is 0 Å². The Kier molecular flexibility index (Phi) is 7.50. The van der Waals surface area contributed by atoms with Gasteiger partial charge in [0.05, 0.1) is 10.0 Å². The molecule has 0 N–H and O–H groups in total. The smallest absolute Gasteiger partial charge is 0.431 e. The second-order valence-electron chi connectivity index (χ2n) is 4.61. The molecule has 0 radical (unpaired) electrons. The molecule has 0 atom stereocenters. The van der Waals surface area contributed by atoms with Crippen LogP contribution in [0.4, 0.5) is 13.2 Å². The second kappa shape index (κ2) is 7.50. The maximum absolute atomic E-state index is 12.8. The number of nitrogens with zero attached hydrogens (tertiary/aromatic N) is 1. The fourth-order valence-corrected chi connectivity index (χ4v) is 4.97. The van der Waals surface area contributed by atoms with Crippen molar-refractivity contribution in [1.82, 2.24) is 0 Å². The summed E-state index contributed by atoms with van der Waals surface area (Å²) in [5.74, 6) is 0.116. The third-order valence-electron chi connectivity index (χ3n) is 3.21. The first-order valence-electron chi connectivity index (χ1n) is 5.84. The van der Waals surface area contributed by atoms with Gasteiger partial charge in [0, 0.05) is 5.25 Å². The SMILES string of the molecule is C=CC1CCC(S(=O)(=O)[N-]S(=O)(=O)C(F)(F)CF)CC1.[Li+]. The molecule has 0 amide bonds. The molecule has 5 nitrogen and oxygen atoms in total. The summed E-state index contributed by atoms with van der Waals surface area (Å²) >= 11 is 0. The summed E-state index contributed by atoms with van der Waals surface area (Å²) in [5.41, 5.74) is 0. The van der Waals surface area contributed by atoms with Crippen molar-refractivity contribution in [2.24, 2.45) is 5.92 Å². The van der Waals surface area contributed by atoms with Crippen molar-refractivity contribution in [3.63, 3.8) is 0 Å². The van der Waals surface area contributed by atoms with E-state index in [1.54, 1.807) is 6.08 Å². The molecule has 0 spiro atoms. The molecule has 21 heavy (non-hydrogen) atoms. The quantitative estimate of drug-likeness (QED) is 0.474. The fourth-order valence-electron chi connectivity index (χ4n) is 1.94. The minimum absolute atomic E-state index is 0. The molecule has 118 valence electrons. The van der Waals surface area contributed by atoms with Crippen LogP contribution in [-0.4, -0.2) is 34.0 Å². The zero-order valence-corrected chi connectivity index (χ0v) is 13.1. The predicted octanol–water partition coefficient (Wildman–Crippen LogP) is -0.669. The number of rotatable bonds is 6. The van der Waals surface area contributed by atoms with E-state index < -0.39 is 37.2 Å². The number of halogens is 3. The van der Waals surface area contributed by atoms with Gasteiger partial charge in [-0.1, -0.05) is 6.08 Å². The molecule has 0 heterocycles. The van der Waals surface area contributed by atoms with Crippen LogP contribution in [0.1, 0.15) is 25.7 Å². The molecule has 1 aliphatic carbocycles. The average Bonchev–Trinajstić information content (AvgIpc) is 2.37. The van der Waals surface area contributed by atoms with Crippen molar-refractivity contribution in [1.29, 1.82) is 0 Å². The molecular weight excluding hydrogens is 326 g/mol. The summed E-state index contributed by atoms with van der Waals surface area (Å²) in [6.07, 6.45) is 2.80. The number of allylic oxidation sites excluding steroid dienone is 1. The molecule has 0 aromatic carbocycles. The van der Waals surface area contributed by atoms with Gasteiger partial charge in [0.1, 0.15) is 0 Å². The molecule has 0 aromatic rings. The summed E-state index contributed by atoms with van der Waals surface area (Å²) in [6, 6.07) is 0. The van der Waals surface area contributed by atoms with Crippen molar-refractivity contribution in [2.45, 2.75) is 36.2 Å². The molecule has 1 aliphatic rings. The van der Waals surface area contributed by atoms with Crippen LogP contribution in [0.3, 0.4) is 0 Å². The van der Waals surface area contributed by atoms with Gasteiger partial charge < -0.3 is 4.13 Å². The van der Waals surface area contributed by atoms with E-state index in [9.17, 15) is 30.0 Å². The van der Waals surface area contributed by atoms with Gasteiger partial charge >= 0.3 is 24.1 Å². The summed E-state index contributed by atoms with van der Waals surface area (Å²) in [4.78, 5) is 0. The fraction of sp³-hybridized carbons (Fsp3) is 0.800. The molecular formula is C10H15F3LiNO4S2. The minimum Gasteiger partial charge on any atom is -0.431 e. The standard InChI is InChI=1S/C10H15F3NO4S2.Li/c1-2-8-3-5-9(6-4-8)19(15,16)14-20(17,18)10(12,13)7-11;/h2,8-9H,1,3-7H2;/q-1;+1. The van der Waals surface area contributed by atoms with Gasteiger partial charge in [-0.25, -0.2) is 21.2 Å².